The highest BCUT2D eigenvalue weighted by Crippen LogP contribution is 2.04. The summed E-state index contributed by atoms with van der Waals surface area (Å²) in [6.07, 6.45) is 0.0881. The predicted molar refractivity (Wildman–Crippen MR) is 78.8 cm³/mol. The van der Waals surface area contributed by atoms with Gasteiger partial charge in [-0.2, -0.15) is 0 Å². The van der Waals surface area contributed by atoms with Gasteiger partial charge in [-0.3, -0.25) is 9.69 Å². The average molecular weight is 268 g/mol. The molecule has 0 aromatic rings. The van der Waals surface area contributed by atoms with Crippen molar-refractivity contribution in [3.63, 3.8) is 0 Å². The van der Waals surface area contributed by atoms with E-state index in [1.54, 1.807) is 0 Å². The van der Waals surface area contributed by atoms with Gasteiger partial charge in [-0.05, 0) is 6.92 Å². The molecule has 1 aliphatic heterocycles. The van der Waals surface area contributed by atoms with Gasteiger partial charge in [0.05, 0.1) is 19.3 Å². The van der Waals surface area contributed by atoms with E-state index in [2.05, 4.69) is 22.1 Å². The first-order valence-electron chi connectivity index (χ1n) is 7.14. The number of amides is 1. The Labute approximate surface area is 117 Å². The Balaban J connectivity index is 0.00000154. The second kappa shape index (κ2) is 10.8. The summed E-state index contributed by atoms with van der Waals surface area (Å²) in [4.78, 5) is 13.7. The molecule has 1 N–H and O–H groups in total. The number of rotatable bonds is 4. The Kier molecular flexibility index (Phi) is 10.2. The molecule has 0 bridgehead atoms. The van der Waals surface area contributed by atoms with Gasteiger partial charge in [0.2, 0.25) is 5.91 Å². The molecule has 0 saturated carbocycles. The Morgan fingerprint density at radius 2 is 2.16 bits per heavy atom. The van der Waals surface area contributed by atoms with Crippen molar-refractivity contribution in [3.8, 4) is 11.8 Å². The predicted octanol–water partition coefficient (Wildman–Crippen LogP) is 1.51. The zero-order valence-corrected chi connectivity index (χ0v) is 13.0. The Morgan fingerprint density at radius 3 is 2.74 bits per heavy atom. The van der Waals surface area contributed by atoms with Crippen LogP contribution >= 0.6 is 0 Å². The maximum atomic E-state index is 11.4. The molecule has 4 heteroatoms. The summed E-state index contributed by atoms with van der Waals surface area (Å²) in [5, 5.41) is 2.90. The van der Waals surface area contributed by atoms with Gasteiger partial charge in [0, 0.05) is 25.6 Å². The van der Waals surface area contributed by atoms with Crippen LogP contribution in [0.25, 0.3) is 0 Å². The average Bonchev–Trinajstić information content (AvgIpc) is 2.45. The van der Waals surface area contributed by atoms with Gasteiger partial charge in [0.15, 0.2) is 0 Å². The number of ether oxygens (including phenoxy) is 1. The zero-order valence-electron chi connectivity index (χ0n) is 13.0. The highest BCUT2D eigenvalue weighted by molar-refractivity contribution is 5.77. The topological polar surface area (TPSA) is 41.6 Å². The minimum absolute atomic E-state index is 0.0284. The molecular formula is C15H28N2O2. The van der Waals surface area contributed by atoms with Gasteiger partial charge in [-0.1, -0.05) is 33.6 Å². The lowest BCUT2D eigenvalue weighted by Gasteiger charge is -2.31. The van der Waals surface area contributed by atoms with Gasteiger partial charge < -0.3 is 10.1 Å². The van der Waals surface area contributed by atoms with Crippen LogP contribution in [-0.2, 0) is 9.53 Å². The van der Waals surface area contributed by atoms with E-state index in [0.29, 0.717) is 13.2 Å². The molecule has 0 aromatic carbocycles. The summed E-state index contributed by atoms with van der Waals surface area (Å²) in [5.41, 5.74) is 0. The largest absolute Gasteiger partial charge is 0.374 e. The standard InChI is InChI=1S/C13H22N2O2.C2H6/c1-4-5-6-15-7-8-17-12(10-15)9-14-13(16)11(2)3;1-2/h11-12H,6-10H2,1-3H3,(H,14,16);1-2H3. The fourth-order valence-corrected chi connectivity index (χ4v) is 1.66. The van der Waals surface area contributed by atoms with Gasteiger partial charge >= 0.3 is 0 Å². The highest BCUT2D eigenvalue weighted by atomic mass is 16.5. The molecule has 110 valence electrons. The van der Waals surface area contributed by atoms with Crippen molar-refractivity contribution in [3.05, 3.63) is 0 Å². The maximum Gasteiger partial charge on any atom is 0.222 e. The molecule has 1 atom stereocenters. The van der Waals surface area contributed by atoms with Crippen molar-refractivity contribution in [1.29, 1.82) is 0 Å². The second-order valence-electron chi connectivity index (χ2n) is 4.55. The van der Waals surface area contributed by atoms with E-state index in [1.807, 2.05) is 34.6 Å². The SMILES string of the molecule is CC.CC#CCN1CCOC(CNC(=O)C(C)C)C1. The maximum absolute atomic E-state index is 11.4. The van der Waals surface area contributed by atoms with Crippen LogP contribution in [0.5, 0.6) is 0 Å². The molecule has 0 aromatic heterocycles. The number of nitrogens with zero attached hydrogens (tertiary/aromatic N) is 1. The highest BCUT2D eigenvalue weighted by Gasteiger charge is 2.20. The molecule has 0 aliphatic carbocycles. The van der Waals surface area contributed by atoms with Crippen LogP contribution in [0.15, 0.2) is 0 Å². The lowest BCUT2D eigenvalue weighted by Crippen LogP contribution is -2.48. The minimum Gasteiger partial charge on any atom is -0.374 e. The first kappa shape index (κ1) is 17.9. The summed E-state index contributed by atoms with van der Waals surface area (Å²) >= 11 is 0. The number of carbonyl (C=O) groups is 1. The lowest BCUT2D eigenvalue weighted by atomic mass is 10.2. The molecule has 1 rings (SSSR count). The van der Waals surface area contributed by atoms with E-state index < -0.39 is 0 Å². The van der Waals surface area contributed by atoms with Crippen LogP contribution in [0.4, 0.5) is 0 Å². The third kappa shape index (κ3) is 7.86. The molecule has 1 fully saturated rings. The van der Waals surface area contributed by atoms with Crippen molar-refractivity contribution < 1.29 is 9.53 Å². The normalized spacial score (nSPS) is 18.9. The number of morpholine rings is 1. The van der Waals surface area contributed by atoms with Crippen molar-refractivity contribution in [2.45, 2.75) is 40.7 Å². The van der Waals surface area contributed by atoms with Crippen LogP contribution in [0.3, 0.4) is 0 Å². The van der Waals surface area contributed by atoms with Crippen molar-refractivity contribution in [2.24, 2.45) is 5.92 Å². The summed E-state index contributed by atoms with van der Waals surface area (Å²) in [7, 11) is 0. The van der Waals surface area contributed by atoms with Gasteiger partial charge in [0.25, 0.3) is 0 Å². The molecular weight excluding hydrogens is 240 g/mol. The van der Waals surface area contributed by atoms with Crippen LogP contribution in [0, 0.1) is 17.8 Å². The van der Waals surface area contributed by atoms with E-state index in [1.165, 1.54) is 0 Å². The van der Waals surface area contributed by atoms with E-state index in [4.69, 9.17) is 4.74 Å². The molecule has 4 nitrogen and oxygen atoms in total. The fourth-order valence-electron chi connectivity index (χ4n) is 1.66. The van der Waals surface area contributed by atoms with E-state index in [-0.39, 0.29) is 17.9 Å². The molecule has 0 spiro atoms. The van der Waals surface area contributed by atoms with Gasteiger partial charge in [0.1, 0.15) is 0 Å². The van der Waals surface area contributed by atoms with Crippen LogP contribution < -0.4 is 5.32 Å². The number of nitrogens with one attached hydrogen (secondary N) is 1. The summed E-state index contributed by atoms with van der Waals surface area (Å²) < 4.78 is 5.61. The Hall–Kier alpha value is -1.05. The number of hydrogen-bond acceptors (Lipinski definition) is 3. The van der Waals surface area contributed by atoms with Crippen molar-refractivity contribution in [2.75, 3.05) is 32.8 Å². The first-order chi connectivity index (χ1) is 9.13. The smallest absolute Gasteiger partial charge is 0.222 e. The molecule has 1 saturated heterocycles. The van der Waals surface area contributed by atoms with Crippen LogP contribution in [0.1, 0.15) is 34.6 Å². The van der Waals surface area contributed by atoms with Crippen LogP contribution in [-0.4, -0.2) is 49.7 Å². The molecule has 19 heavy (non-hydrogen) atoms. The number of carbonyl (C=O) groups excluding carboxylic acids is 1. The molecule has 1 aliphatic rings. The molecule has 1 amide bonds. The summed E-state index contributed by atoms with van der Waals surface area (Å²) in [6.45, 7) is 13.5. The van der Waals surface area contributed by atoms with Crippen molar-refractivity contribution in [1.82, 2.24) is 10.2 Å². The quantitative estimate of drug-likeness (QED) is 0.786. The fraction of sp³-hybridized carbons (Fsp3) is 0.800. The molecule has 0 radical (unpaired) electrons. The zero-order chi connectivity index (χ0) is 14.7. The second-order valence-corrected chi connectivity index (χ2v) is 4.55. The number of hydrogen-bond donors (Lipinski definition) is 1. The van der Waals surface area contributed by atoms with Gasteiger partial charge in [-0.25, -0.2) is 0 Å². The third-order valence-electron chi connectivity index (χ3n) is 2.73. The first-order valence-corrected chi connectivity index (χ1v) is 7.14. The third-order valence-corrected chi connectivity index (χ3v) is 2.73. The van der Waals surface area contributed by atoms with E-state index in [0.717, 1.165) is 19.6 Å². The van der Waals surface area contributed by atoms with Gasteiger partial charge in [-0.15, -0.1) is 5.92 Å². The van der Waals surface area contributed by atoms with Crippen LogP contribution in [0.2, 0.25) is 0 Å². The Morgan fingerprint density at radius 1 is 1.47 bits per heavy atom. The minimum atomic E-state index is 0.0284. The summed E-state index contributed by atoms with van der Waals surface area (Å²) in [5.74, 6) is 6.06. The lowest BCUT2D eigenvalue weighted by molar-refractivity contribution is -0.125. The Bertz CT molecular complexity index is 305. The van der Waals surface area contributed by atoms with Crippen molar-refractivity contribution >= 4 is 5.91 Å². The molecule has 1 unspecified atom stereocenters. The van der Waals surface area contributed by atoms with E-state index >= 15 is 0 Å². The van der Waals surface area contributed by atoms with E-state index in [9.17, 15) is 4.79 Å². The molecule has 1 heterocycles. The monoisotopic (exact) mass is 268 g/mol. The summed E-state index contributed by atoms with van der Waals surface area (Å²) in [6, 6.07) is 0.